The smallest absolute Gasteiger partial charge is 0.161 e. The van der Waals surface area contributed by atoms with Crippen LogP contribution in [0.2, 0.25) is 0 Å². The summed E-state index contributed by atoms with van der Waals surface area (Å²) in [5.41, 5.74) is 1.88. The molecule has 0 amide bonds. The molecule has 0 aromatic heterocycles. The Bertz CT molecular complexity index is 710. The van der Waals surface area contributed by atoms with Crippen LogP contribution in [0, 0.1) is 17.1 Å². The molecule has 0 radical (unpaired) electrons. The van der Waals surface area contributed by atoms with Crippen molar-refractivity contribution in [3.05, 3.63) is 53.3 Å². The molecule has 0 fully saturated rings. The number of halogens is 1. The van der Waals surface area contributed by atoms with E-state index in [1.165, 1.54) is 12.1 Å². The number of anilines is 1. The molecule has 0 bridgehead atoms. The third-order valence-electron chi connectivity index (χ3n) is 3.19. The van der Waals surface area contributed by atoms with Crippen LogP contribution in [0.4, 0.5) is 10.1 Å². The molecule has 3 rings (SSSR count). The number of fused-ring (bicyclic) bond motifs is 1. The maximum absolute atomic E-state index is 13.1. The number of nitrogens with zero attached hydrogens (tertiary/aromatic N) is 1. The van der Waals surface area contributed by atoms with Crippen LogP contribution in [0.3, 0.4) is 0 Å². The highest BCUT2D eigenvalue weighted by Crippen LogP contribution is 2.31. The molecule has 106 valence electrons. The number of hydrogen-bond donors (Lipinski definition) is 1. The van der Waals surface area contributed by atoms with Crippen LogP contribution in [-0.2, 0) is 6.54 Å². The second-order valence-electron chi connectivity index (χ2n) is 4.63. The van der Waals surface area contributed by atoms with Crippen molar-refractivity contribution in [3.8, 4) is 17.6 Å². The summed E-state index contributed by atoms with van der Waals surface area (Å²) >= 11 is 0. The summed E-state index contributed by atoms with van der Waals surface area (Å²) in [6.07, 6.45) is 0. The van der Waals surface area contributed by atoms with E-state index in [2.05, 4.69) is 5.32 Å². The Labute approximate surface area is 121 Å². The van der Waals surface area contributed by atoms with Crippen molar-refractivity contribution in [3.63, 3.8) is 0 Å². The maximum Gasteiger partial charge on any atom is 0.161 e. The molecular weight excluding hydrogens is 271 g/mol. The Balaban J connectivity index is 1.75. The summed E-state index contributed by atoms with van der Waals surface area (Å²) in [4.78, 5) is 0. The standard InChI is InChI=1S/C16H13FN2O2/c17-13-2-3-14(12(8-13)9-18)19-10-11-1-4-15-16(7-11)21-6-5-20-15/h1-4,7-8,19H,5-6,10H2. The van der Waals surface area contributed by atoms with Crippen LogP contribution < -0.4 is 14.8 Å². The van der Waals surface area contributed by atoms with Crippen LogP contribution in [0.25, 0.3) is 0 Å². The van der Waals surface area contributed by atoms with Gasteiger partial charge in [0.05, 0.1) is 11.3 Å². The van der Waals surface area contributed by atoms with Gasteiger partial charge in [-0.3, -0.25) is 0 Å². The fourth-order valence-electron chi connectivity index (χ4n) is 2.16. The quantitative estimate of drug-likeness (QED) is 0.941. The molecule has 0 saturated carbocycles. The Kier molecular flexibility index (Phi) is 3.61. The molecule has 0 saturated heterocycles. The fourth-order valence-corrected chi connectivity index (χ4v) is 2.16. The Morgan fingerprint density at radius 2 is 1.90 bits per heavy atom. The van der Waals surface area contributed by atoms with Crippen molar-refractivity contribution < 1.29 is 13.9 Å². The van der Waals surface area contributed by atoms with E-state index in [1.807, 2.05) is 24.3 Å². The van der Waals surface area contributed by atoms with Gasteiger partial charge in [0.2, 0.25) is 0 Å². The van der Waals surface area contributed by atoms with Gasteiger partial charge in [-0.2, -0.15) is 5.26 Å². The van der Waals surface area contributed by atoms with Gasteiger partial charge in [-0.05, 0) is 35.9 Å². The summed E-state index contributed by atoms with van der Waals surface area (Å²) in [6, 6.07) is 11.8. The third kappa shape index (κ3) is 2.90. The molecule has 0 aliphatic carbocycles. The molecule has 4 nitrogen and oxygen atoms in total. The molecule has 0 unspecified atom stereocenters. The van der Waals surface area contributed by atoms with Gasteiger partial charge in [-0.15, -0.1) is 0 Å². The molecule has 1 N–H and O–H groups in total. The fraction of sp³-hybridized carbons (Fsp3) is 0.188. The van der Waals surface area contributed by atoms with Gasteiger partial charge in [-0.1, -0.05) is 6.07 Å². The zero-order chi connectivity index (χ0) is 14.7. The number of nitrogens with one attached hydrogen (secondary N) is 1. The van der Waals surface area contributed by atoms with E-state index in [9.17, 15) is 4.39 Å². The topological polar surface area (TPSA) is 54.3 Å². The third-order valence-corrected chi connectivity index (χ3v) is 3.19. The van der Waals surface area contributed by atoms with Crippen LogP contribution in [-0.4, -0.2) is 13.2 Å². The van der Waals surface area contributed by atoms with Gasteiger partial charge in [0, 0.05) is 6.54 Å². The first kappa shape index (κ1) is 13.3. The lowest BCUT2D eigenvalue weighted by Gasteiger charge is -2.19. The van der Waals surface area contributed by atoms with E-state index in [4.69, 9.17) is 14.7 Å². The average Bonchev–Trinajstić information content (AvgIpc) is 2.53. The van der Waals surface area contributed by atoms with Crippen molar-refractivity contribution in [1.29, 1.82) is 5.26 Å². The highest BCUT2D eigenvalue weighted by molar-refractivity contribution is 5.57. The lowest BCUT2D eigenvalue weighted by atomic mass is 10.1. The van der Waals surface area contributed by atoms with E-state index in [-0.39, 0.29) is 5.56 Å². The highest BCUT2D eigenvalue weighted by atomic mass is 19.1. The molecule has 2 aromatic carbocycles. The zero-order valence-corrected chi connectivity index (χ0v) is 11.2. The van der Waals surface area contributed by atoms with Gasteiger partial charge in [0.25, 0.3) is 0 Å². The minimum atomic E-state index is -0.420. The summed E-state index contributed by atoms with van der Waals surface area (Å²) in [5, 5.41) is 12.1. The predicted molar refractivity (Wildman–Crippen MR) is 75.9 cm³/mol. The predicted octanol–water partition coefficient (Wildman–Crippen LogP) is 3.08. The number of ether oxygens (including phenoxy) is 2. The lowest BCUT2D eigenvalue weighted by molar-refractivity contribution is 0.171. The van der Waals surface area contributed by atoms with Gasteiger partial charge < -0.3 is 14.8 Å². The highest BCUT2D eigenvalue weighted by Gasteiger charge is 2.11. The van der Waals surface area contributed by atoms with Gasteiger partial charge in [0.1, 0.15) is 25.1 Å². The van der Waals surface area contributed by atoms with E-state index >= 15 is 0 Å². The molecule has 0 atom stereocenters. The van der Waals surface area contributed by atoms with Gasteiger partial charge >= 0.3 is 0 Å². The lowest BCUT2D eigenvalue weighted by Crippen LogP contribution is -2.15. The molecular formula is C16H13FN2O2. The number of benzene rings is 2. The molecule has 1 aliphatic heterocycles. The van der Waals surface area contributed by atoms with Crippen molar-refractivity contribution in [1.82, 2.24) is 0 Å². The molecule has 21 heavy (non-hydrogen) atoms. The molecule has 1 aliphatic rings. The second-order valence-corrected chi connectivity index (χ2v) is 4.63. The summed E-state index contributed by atoms with van der Waals surface area (Å²) in [5.74, 6) is 1.04. The first-order valence-corrected chi connectivity index (χ1v) is 6.58. The van der Waals surface area contributed by atoms with Crippen LogP contribution in [0.5, 0.6) is 11.5 Å². The summed E-state index contributed by atoms with van der Waals surface area (Å²) < 4.78 is 24.1. The van der Waals surface area contributed by atoms with E-state index in [0.29, 0.717) is 25.4 Å². The number of nitriles is 1. The van der Waals surface area contributed by atoms with Crippen molar-refractivity contribution in [2.24, 2.45) is 0 Å². The Morgan fingerprint density at radius 3 is 2.71 bits per heavy atom. The van der Waals surface area contributed by atoms with Crippen LogP contribution in [0.1, 0.15) is 11.1 Å². The average molecular weight is 284 g/mol. The first-order valence-electron chi connectivity index (χ1n) is 6.58. The molecule has 0 spiro atoms. The van der Waals surface area contributed by atoms with E-state index in [0.717, 1.165) is 17.1 Å². The monoisotopic (exact) mass is 284 g/mol. The SMILES string of the molecule is N#Cc1cc(F)ccc1NCc1ccc2c(c1)OCCO2. The van der Waals surface area contributed by atoms with E-state index in [1.54, 1.807) is 6.07 Å². The molecule has 5 heteroatoms. The first-order chi connectivity index (χ1) is 10.3. The van der Waals surface area contributed by atoms with E-state index < -0.39 is 5.82 Å². The Morgan fingerprint density at radius 1 is 1.10 bits per heavy atom. The molecule has 1 heterocycles. The van der Waals surface area contributed by atoms with Crippen molar-refractivity contribution >= 4 is 5.69 Å². The maximum atomic E-state index is 13.1. The summed E-state index contributed by atoms with van der Waals surface area (Å²) in [6.45, 7) is 1.61. The van der Waals surface area contributed by atoms with Crippen LogP contribution in [0.15, 0.2) is 36.4 Å². The zero-order valence-electron chi connectivity index (χ0n) is 11.2. The second kappa shape index (κ2) is 5.71. The Hall–Kier alpha value is -2.74. The van der Waals surface area contributed by atoms with Crippen LogP contribution >= 0.6 is 0 Å². The van der Waals surface area contributed by atoms with Gasteiger partial charge in [0.15, 0.2) is 11.5 Å². The number of hydrogen-bond acceptors (Lipinski definition) is 4. The summed E-state index contributed by atoms with van der Waals surface area (Å²) in [7, 11) is 0. The molecule has 2 aromatic rings. The number of rotatable bonds is 3. The van der Waals surface area contributed by atoms with Crippen molar-refractivity contribution in [2.45, 2.75) is 6.54 Å². The van der Waals surface area contributed by atoms with Gasteiger partial charge in [-0.25, -0.2) is 4.39 Å². The largest absolute Gasteiger partial charge is 0.486 e. The normalized spacial score (nSPS) is 12.6. The minimum Gasteiger partial charge on any atom is -0.486 e. The van der Waals surface area contributed by atoms with Crippen molar-refractivity contribution in [2.75, 3.05) is 18.5 Å². The minimum absolute atomic E-state index is 0.285.